The Morgan fingerprint density at radius 3 is 2.21 bits per heavy atom. The highest BCUT2D eigenvalue weighted by Crippen LogP contribution is 2.23. The molecule has 0 bridgehead atoms. The summed E-state index contributed by atoms with van der Waals surface area (Å²) >= 11 is 0. The minimum atomic E-state index is -1.26. The summed E-state index contributed by atoms with van der Waals surface area (Å²) in [5, 5.41) is 25.8. The van der Waals surface area contributed by atoms with E-state index in [0.717, 1.165) is 0 Å². The number of rotatable bonds is 12. The van der Waals surface area contributed by atoms with Crippen LogP contribution in [0.15, 0.2) is 24.3 Å². The molecule has 10 heteroatoms. The number of benzene rings is 1. The maximum atomic E-state index is 13.1. The molecule has 0 unspecified atom stereocenters. The number of amides is 2. The Balaban J connectivity index is 3.08. The quantitative estimate of drug-likeness (QED) is 0.317. The van der Waals surface area contributed by atoms with Crippen molar-refractivity contribution in [2.75, 3.05) is 13.7 Å². The van der Waals surface area contributed by atoms with E-state index in [-0.39, 0.29) is 18.8 Å². The molecule has 1 aromatic carbocycles. The molecule has 0 aromatic heterocycles. The van der Waals surface area contributed by atoms with Gasteiger partial charge in [-0.1, -0.05) is 52.8 Å². The Kier molecular flexibility index (Phi) is 10.3. The van der Waals surface area contributed by atoms with Gasteiger partial charge in [0.25, 0.3) is 0 Å². The van der Waals surface area contributed by atoms with Crippen molar-refractivity contribution in [3.63, 3.8) is 0 Å². The van der Waals surface area contributed by atoms with Crippen LogP contribution in [-0.2, 0) is 20.8 Å². The topological polar surface area (TPSA) is 148 Å². The Labute approximate surface area is 194 Å². The summed E-state index contributed by atoms with van der Waals surface area (Å²) in [6.45, 7) is 8.32. The van der Waals surface area contributed by atoms with Gasteiger partial charge in [-0.2, -0.15) is 0 Å². The number of nitro groups is 1. The van der Waals surface area contributed by atoms with E-state index in [4.69, 9.17) is 4.74 Å². The number of methoxy groups -OCH3 is 1. The Hall–Kier alpha value is -3.17. The first-order chi connectivity index (χ1) is 15.3. The third kappa shape index (κ3) is 9.07. The van der Waals surface area contributed by atoms with Gasteiger partial charge in [0.15, 0.2) is 0 Å². The van der Waals surface area contributed by atoms with Crippen LogP contribution >= 0.6 is 0 Å². The average Bonchev–Trinajstić information content (AvgIpc) is 2.69. The predicted molar refractivity (Wildman–Crippen MR) is 122 cm³/mol. The number of hydrogen-bond donors (Lipinski definition) is 3. The molecule has 0 heterocycles. The van der Waals surface area contributed by atoms with Crippen LogP contribution in [0.5, 0.6) is 5.75 Å². The summed E-state index contributed by atoms with van der Waals surface area (Å²) in [6, 6.07) is 4.53. The van der Waals surface area contributed by atoms with Gasteiger partial charge in [0.2, 0.25) is 18.4 Å². The predicted octanol–water partition coefficient (Wildman–Crippen LogP) is 2.28. The first-order valence-corrected chi connectivity index (χ1v) is 10.8. The zero-order chi connectivity index (χ0) is 25.3. The maximum Gasteiger partial charge on any atom is 0.326 e. The Morgan fingerprint density at radius 1 is 1.12 bits per heavy atom. The Bertz CT molecular complexity index is 849. The summed E-state index contributed by atoms with van der Waals surface area (Å²) in [4.78, 5) is 48.3. The lowest BCUT2D eigenvalue weighted by atomic mass is 9.85. The molecule has 2 amide bonds. The normalized spacial score (nSPS) is 14.2. The smallest absolute Gasteiger partial charge is 0.326 e. The van der Waals surface area contributed by atoms with Crippen LogP contribution < -0.4 is 15.4 Å². The third-order valence-electron chi connectivity index (χ3n) is 5.14. The number of carboxylic acids is 1. The number of nitrogens with one attached hydrogen (secondary N) is 2. The van der Waals surface area contributed by atoms with E-state index in [1.54, 1.807) is 45.0 Å². The summed E-state index contributed by atoms with van der Waals surface area (Å²) in [6.07, 6.45) is 0.268. The van der Waals surface area contributed by atoms with Crippen LogP contribution in [0.25, 0.3) is 0 Å². The minimum Gasteiger partial charge on any atom is -0.496 e. The number of ether oxygens (including phenoxy) is 1. The number of carboxylic acid groups (broad SMARTS) is 1. The summed E-state index contributed by atoms with van der Waals surface area (Å²) < 4.78 is 5.26. The first kappa shape index (κ1) is 27.9. The van der Waals surface area contributed by atoms with E-state index in [9.17, 15) is 29.6 Å². The van der Waals surface area contributed by atoms with Crippen LogP contribution in [0.2, 0.25) is 0 Å². The van der Waals surface area contributed by atoms with E-state index in [1.807, 2.05) is 13.8 Å². The molecule has 1 aromatic rings. The molecule has 10 nitrogen and oxygen atoms in total. The zero-order valence-corrected chi connectivity index (χ0v) is 20.1. The molecular weight excluding hydrogens is 430 g/mol. The van der Waals surface area contributed by atoms with Gasteiger partial charge in [0, 0.05) is 11.3 Å². The molecule has 3 atom stereocenters. The molecule has 3 N–H and O–H groups in total. The van der Waals surface area contributed by atoms with Crippen molar-refractivity contribution >= 4 is 17.8 Å². The molecule has 0 spiro atoms. The van der Waals surface area contributed by atoms with Crippen molar-refractivity contribution in [2.24, 2.45) is 17.3 Å². The first-order valence-electron chi connectivity index (χ1n) is 10.8. The molecule has 0 aliphatic carbocycles. The van der Waals surface area contributed by atoms with Crippen molar-refractivity contribution < 1.29 is 29.2 Å². The molecule has 184 valence electrons. The molecule has 0 saturated carbocycles. The van der Waals surface area contributed by atoms with Crippen molar-refractivity contribution in [1.29, 1.82) is 0 Å². The van der Waals surface area contributed by atoms with Gasteiger partial charge < -0.3 is 20.5 Å². The van der Waals surface area contributed by atoms with Crippen molar-refractivity contribution in [1.82, 2.24) is 10.6 Å². The maximum absolute atomic E-state index is 13.1. The highest BCUT2D eigenvalue weighted by atomic mass is 16.6. The highest BCUT2D eigenvalue weighted by Gasteiger charge is 2.37. The van der Waals surface area contributed by atoms with Crippen molar-refractivity contribution in [3.8, 4) is 5.75 Å². The molecular formula is C23H35N3O7. The van der Waals surface area contributed by atoms with Gasteiger partial charge in [-0.15, -0.1) is 0 Å². The van der Waals surface area contributed by atoms with Gasteiger partial charge in [0.1, 0.15) is 23.8 Å². The molecule has 0 fully saturated rings. The molecule has 0 aliphatic rings. The molecule has 33 heavy (non-hydrogen) atoms. The van der Waals surface area contributed by atoms with Gasteiger partial charge in [0.05, 0.1) is 7.11 Å². The standard InChI is InChI=1S/C23H35N3O7/c1-14(2)11-16(13-26(31)32)20(27)25-19(23(3,4)5)21(28)24-17(22(29)30)12-15-9-7-8-10-18(15)33-6/h7-10,14,16-17,19H,11-13H2,1-6H3,(H,24,28)(H,25,27)(H,29,30)/t16-,17+,19-/m1/s1. The second-order valence-corrected chi connectivity index (χ2v) is 9.56. The van der Waals surface area contributed by atoms with Crippen LogP contribution in [0.3, 0.4) is 0 Å². The third-order valence-corrected chi connectivity index (χ3v) is 5.14. The number of hydrogen-bond acceptors (Lipinski definition) is 6. The van der Waals surface area contributed by atoms with Crippen LogP contribution in [0.1, 0.15) is 46.6 Å². The highest BCUT2D eigenvalue weighted by molar-refractivity contribution is 5.91. The van der Waals surface area contributed by atoms with Crippen molar-refractivity contribution in [3.05, 3.63) is 39.9 Å². The average molecular weight is 466 g/mol. The Morgan fingerprint density at radius 2 is 1.73 bits per heavy atom. The SMILES string of the molecule is COc1ccccc1C[C@H](NC(=O)[C@@H](NC(=O)[C@H](CC(C)C)C[N+](=O)[O-])C(C)(C)C)C(=O)O. The number of para-hydroxylation sites is 1. The second-order valence-electron chi connectivity index (χ2n) is 9.56. The fourth-order valence-corrected chi connectivity index (χ4v) is 3.50. The largest absolute Gasteiger partial charge is 0.496 e. The monoisotopic (exact) mass is 465 g/mol. The summed E-state index contributed by atoms with van der Waals surface area (Å²) in [5.74, 6) is -2.88. The number of carbonyl (C=O) groups is 3. The van der Waals surface area contributed by atoms with E-state index >= 15 is 0 Å². The van der Waals surface area contributed by atoms with Crippen LogP contribution in [-0.4, -0.2) is 53.6 Å². The summed E-state index contributed by atoms with van der Waals surface area (Å²) in [7, 11) is 1.47. The van der Waals surface area contributed by atoms with E-state index in [1.165, 1.54) is 7.11 Å². The van der Waals surface area contributed by atoms with Crippen molar-refractivity contribution in [2.45, 2.75) is 59.5 Å². The van der Waals surface area contributed by atoms with Gasteiger partial charge in [-0.05, 0) is 29.4 Å². The number of nitrogens with zero attached hydrogens (tertiary/aromatic N) is 1. The van der Waals surface area contributed by atoms with E-state index in [2.05, 4.69) is 10.6 Å². The number of aliphatic carboxylic acids is 1. The second kappa shape index (κ2) is 12.2. The lowest BCUT2D eigenvalue weighted by molar-refractivity contribution is -0.486. The lowest BCUT2D eigenvalue weighted by Crippen LogP contribution is -2.58. The molecule has 0 aliphatic heterocycles. The lowest BCUT2D eigenvalue weighted by Gasteiger charge is -2.32. The molecule has 1 rings (SSSR count). The van der Waals surface area contributed by atoms with E-state index < -0.39 is 52.7 Å². The van der Waals surface area contributed by atoms with Gasteiger partial charge in [-0.3, -0.25) is 19.7 Å². The van der Waals surface area contributed by atoms with Gasteiger partial charge >= 0.3 is 5.97 Å². The van der Waals surface area contributed by atoms with Crippen LogP contribution in [0.4, 0.5) is 0 Å². The summed E-state index contributed by atoms with van der Waals surface area (Å²) in [5.41, 5.74) is -0.170. The fourth-order valence-electron chi connectivity index (χ4n) is 3.50. The molecule has 0 saturated heterocycles. The minimum absolute atomic E-state index is 0.0206. The fraction of sp³-hybridized carbons (Fsp3) is 0.609. The number of carbonyl (C=O) groups excluding carboxylic acids is 2. The van der Waals surface area contributed by atoms with E-state index in [0.29, 0.717) is 11.3 Å². The molecule has 0 radical (unpaired) electrons. The zero-order valence-electron chi connectivity index (χ0n) is 20.1. The van der Waals surface area contributed by atoms with Gasteiger partial charge in [-0.25, -0.2) is 4.79 Å². The van der Waals surface area contributed by atoms with Crippen LogP contribution in [0, 0.1) is 27.4 Å².